The molecule has 0 spiro atoms. The summed E-state index contributed by atoms with van der Waals surface area (Å²) in [5, 5.41) is 2.33. The second-order valence-corrected chi connectivity index (χ2v) is 12.5. The fourth-order valence-corrected chi connectivity index (χ4v) is 7.04. The predicted molar refractivity (Wildman–Crippen MR) is 186 cm³/mol. The van der Waals surface area contributed by atoms with E-state index >= 15 is 0 Å². The van der Waals surface area contributed by atoms with Crippen molar-refractivity contribution in [2.75, 3.05) is 0 Å². The SMILES string of the molecule is CC1(C)c2ccc(-c3cccc(-c4nc(-c5ccccc5)nc(-c5ccccc5)n4)c3)cc2-c2ccc3c(oc4ccccc43)c21. The van der Waals surface area contributed by atoms with E-state index < -0.39 is 0 Å². The van der Waals surface area contributed by atoms with Gasteiger partial charge in [-0.2, -0.15) is 0 Å². The summed E-state index contributed by atoms with van der Waals surface area (Å²) in [6, 6.07) is 48.3. The predicted octanol–water partition coefficient (Wildman–Crippen LogP) is 10.7. The van der Waals surface area contributed by atoms with Crippen LogP contribution < -0.4 is 0 Å². The first kappa shape index (κ1) is 26.5. The molecule has 4 heteroatoms. The minimum absolute atomic E-state index is 0.189. The number of hydrogen-bond donors (Lipinski definition) is 0. The molecular formula is C42H29N3O. The fourth-order valence-electron chi connectivity index (χ4n) is 7.04. The molecule has 46 heavy (non-hydrogen) atoms. The van der Waals surface area contributed by atoms with Gasteiger partial charge in [-0.25, -0.2) is 15.0 Å². The van der Waals surface area contributed by atoms with Crippen LogP contribution in [-0.2, 0) is 5.41 Å². The van der Waals surface area contributed by atoms with E-state index in [-0.39, 0.29) is 5.41 Å². The first-order chi connectivity index (χ1) is 22.5. The van der Waals surface area contributed by atoms with Crippen LogP contribution in [0.3, 0.4) is 0 Å². The van der Waals surface area contributed by atoms with E-state index in [9.17, 15) is 0 Å². The molecular weight excluding hydrogens is 562 g/mol. The molecule has 4 nitrogen and oxygen atoms in total. The number of rotatable bonds is 4. The first-order valence-electron chi connectivity index (χ1n) is 15.6. The molecule has 0 atom stereocenters. The maximum atomic E-state index is 6.51. The Balaban J connectivity index is 1.17. The third-order valence-corrected chi connectivity index (χ3v) is 9.31. The lowest BCUT2D eigenvalue weighted by Crippen LogP contribution is -2.15. The van der Waals surface area contributed by atoms with Crippen LogP contribution >= 0.6 is 0 Å². The van der Waals surface area contributed by atoms with Crippen LogP contribution in [0.5, 0.6) is 0 Å². The van der Waals surface area contributed by atoms with Crippen molar-refractivity contribution in [3.05, 3.63) is 151 Å². The molecule has 8 aromatic rings. The summed E-state index contributed by atoms with van der Waals surface area (Å²) in [4.78, 5) is 14.8. The molecule has 0 saturated heterocycles. The van der Waals surface area contributed by atoms with Gasteiger partial charge < -0.3 is 4.42 Å². The molecule has 1 aliphatic carbocycles. The maximum absolute atomic E-state index is 6.51. The summed E-state index contributed by atoms with van der Waals surface area (Å²) in [5.41, 5.74) is 11.9. The Morgan fingerprint density at radius 2 is 1.04 bits per heavy atom. The molecule has 2 aromatic heterocycles. The first-order valence-corrected chi connectivity index (χ1v) is 15.6. The third-order valence-electron chi connectivity index (χ3n) is 9.31. The Labute approximate surface area is 267 Å². The second-order valence-electron chi connectivity index (χ2n) is 12.5. The van der Waals surface area contributed by atoms with Gasteiger partial charge in [0.05, 0.1) is 0 Å². The molecule has 9 rings (SSSR count). The zero-order valence-corrected chi connectivity index (χ0v) is 25.5. The van der Waals surface area contributed by atoms with Gasteiger partial charge in [-0.05, 0) is 52.1 Å². The highest BCUT2D eigenvalue weighted by molar-refractivity contribution is 6.09. The number of hydrogen-bond acceptors (Lipinski definition) is 4. The van der Waals surface area contributed by atoms with Crippen LogP contribution in [-0.4, -0.2) is 15.0 Å². The van der Waals surface area contributed by atoms with Crippen molar-refractivity contribution in [2.24, 2.45) is 0 Å². The van der Waals surface area contributed by atoms with Crippen molar-refractivity contribution in [1.29, 1.82) is 0 Å². The molecule has 218 valence electrons. The van der Waals surface area contributed by atoms with Gasteiger partial charge in [-0.3, -0.25) is 0 Å². The van der Waals surface area contributed by atoms with E-state index in [1.165, 1.54) is 27.6 Å². The topological polar surface area (TPSA) is 51.8 Å². The summed E-state index contributed by atoms with van der Waals surface area (Å²) < 4.78 is 6.51. The van der Waals surface area contributed by atoms with E-state index in [1.807, 2.05) is 66.7 Å². The smallest absolute Gasteiger partial charge is 0.164 e. The van der Waals surface area contributed by atoms with E-state index in [0.29, 0.717) is 17.5 Å². The Morgan fingerprint density at radius 1 is 0.457 bits per heavy atom. The molecule has 6 aromatic carbocycles. The van der Waals surface area contributed by atoms with Crippen LogP contribution in [0.25, 0.3) is 78.4 Å². The van der Waals surface area contributed by atoms with Crippen molar-refractivity contribution in [3.63, 3.8) is 0 Å². The zero-order valence-electron chi connectivity index (χ0n) is 25.5. The molecule has 0 aliphatic heterocycles. The lowest BCUT2D eigenvalue weighted by Gasteiger charge is -2.21. The fraction of sp³-hybridized carbons (Fsp3) is 0.0714. The lowest BCUT2D eigenvalue weighted by molar-refractivity contribution is 0.620. The highest BCUT2D eigenvalue weighted by Gasteiger charge is 2.38. The highest BCUT2D eigenvalue weighted by Crippen LogP contribution is 2.53. The third kappa shape index (κ3) is 4.11. The number of nitrogens with zero attached hydrogens (tertiary/aromatic N) is 3. The summed E-state index contributed by atoms with van der Waals surface area (Å²) in [6.45, 7) is 4.61. The Bertz CT molecular complexity index is 2380. The average molecular weight is 592 g/mol. The zero-order chi connectivity index (χ0) is 30.8. The molecule has 0 radical (unpaired) electrons. The van der Waals surface area contributed by atoms with Gasteiger partial charge in [0.1, 0.15) is 11.2 Å². The second kappa shape index (κ2) is 10.1. The minimum atomic E-state index is -0.189. The van der Waals surface area contributed by atoms with Crippen LogP contribution in [0.15, 0.2) is 144 Å². The molecule has 2 heterocycles. The van der Waals surface area contributed by atoms with Gasteiger partial charge in [0.2, 0.25) is 0 Å². The number of fused-ring (bicyclic) bond motifs is 7. The summed E-state index contributed by atoms with van der Waals surface area (Å²) in [6.07, 6.45) is 0. The quantitative estimate of drug-likeness (QED) is 0.204. The molecule has 1 aliphatic rings. The van der Waals surface area contributed by atoms with Gasteiger partial charge in [0.25, 0.3) is 0 Å². The summed E-state index contributed by atoms with van der Waals surface area (Å²) in [7, 11) is 0. The monoisotopic (exact) mass is 591 g/mol. The molecule has 0 fully saturated rings. The Hall–Kier alpha value is -5.87. The maximum Gasteiger partial charge on any atom is 0.164 e. The van der Waals surface area contributed by atoms with Crippen molar-refractivity contribution in [1.82, 2.24) is 15.0 Å². The number of para-hydroxylation sites is 1. The van der Waals surface area contributed by atoms with Crippen molar-refractivity contribution >= 4 is 21.9 Å². The molecule has 0 unspecified atom stereocenters. The average Bonchev–Trinajstić information content (AvgIpc) is 3.60. The van der Waals surface area contributed by atoms with Gasteiger partial charge in [0, 0.05) is 38.4 Å². The minimum Gasteiger partial charge on any atom is -0.456 e. The largest absolute Gasteiger partial charge is 0.456 e. The summed E-state index contributed by atoms with van der Waals surface area (Å²) in [5.74, 6) is 1.96. The standard InChI is InChI=1S/C42H29N3O/c1-42(2)35-23-20-29(25-34(35)32-21-22-33-31-18-9-10-19-36(31)46-38(33)37(32)42)28-16-11-17-30(24-28)41-44-39(26-12-5-3-6-13-26)43-40(45-41)27-14-7-4-8-15-27/h3-25H,1-2H3. The van der Waals surface area contributed by atoms with Crippen LogP contribution in [0.2, 0.25) is 0 Å². The van der Waals surface area contributed by atoms with E-state index in [2.05, 4.69) is 86.6 Å². The van der Waals surface area contributed by atoms with Crippen molar-refractivity contribution in [3.8, 4) is 56.4 Å². The van der Waals surface area contributed by atoms with Crippen LogP contribution in [0, 0.1) is 0 Å². The van der Waals surface area contributed by atoms with Gasteiger partial charge >= 0.3 is 0 Å². The molecule has 0 N–H and O–H groups in total. The van der Waals surface area contributed by atoms with Gasteiger partial charge in [-0.15, -0.1) is 0 Å². The van der Waals surface area contributed by atoms with Gasteiger partial charge in [-0.1, -0.05) is 129 Å². The van der Waals surface area contributed by atoms with Crippen LogP contribution in [0.1, 0.15) is 25.0 Å². The number of aromatic nitrogens is 3. The van der Waals surface area contributed by atoms with Crippen molar-refractivity contribution in [2.45, 2.75) is 19.3 Å². The highest BCUT2D eigenvalue weighted by atomic mass is 16.3. The molecule has 0 saturated carbocycles. The van der Waals surface area contributed by atoms with Gasteiger partial charge in [0.15, 0.2) is 17.5 Å². The number of benzene rings is 6. The van der Waals surface area contributed by atoms with Crippen LogP contribution in [0.4, 0.5) is 0 Å². The number of furan rings is 1. The Kier molecular flexibility index (Phi) is 5.81. The Morgan fingerprint density at radius 3 is 1.76 bits per heavy atom. The van der Waals surface area contributed by atoms with E-state index in [4.69, 9.17) is 19.4 Å². The van der Waals surface area contributed by atoms with E-state index in [0.717, 1.165) is 44.4 Å². The summed E-state index contributed by atoms with van der Waals surface area (Å²) >= 11 is 0. The molecule has 0 amide bonds. The van der Waals surface area contributed by atoms with E-state index in [1.54, 1.807) is 0 Å². The molecule has 0 bridgehead atoms. The normalized spacial score (nSPS) is 13.2. The van der Waals surface area contributed by atoms with Crippen molar-refractivity contribution < 1.29 is 4.42 Å². The lowest BCUT2D eigenvalue weighted by atomic mass is 9.81.